The van der Waals surface area contributed by atoms with E-state index in [1.165, 1.54) is 0 Å². The van der Waals surface area contributed by atoms with Crippen LogP contribution >= 0.6 is 23.2 Å². The molecule has 0 fully saturated rings. The second-order valence-electron chi connectivity index (χ2n) is 9.30. The molecule has 5 rings (SSSR count). The summed E-state index contributed by atoms with van der Waals surface area (Å²) in [7, 11) is 0. The van der Waals surface area contributed by atoms with Crippen LogP contribution < -0.4 is 5.32 Å². The van der Waals surface area contributed by atoms with Gasteiger partial charge in [-0.25, -0.2) is 9.67 Å². The summed E-state index contributed by atoms with van der Waals surface area (Å²) < 4.78 is 41.8. The smallest absolute Gasteiger partial charge is 0.354 e. The average Bonchev–Trinajstić information content (AvgIpc) is 3.35. The predicted molar refractivity (Wildman–Crippen MR) is 146 cm³/mol. The van der Waals surface area contributed by atoms with Gasteiger partial charge in [0.2, 0.25) is 5.91 Å². The van der Waals surface area contributed by atoms with Crippen LogP contribution in [0.2, 0.25) is 10.0 Å². The molecule has 0 aliphatic carbocycles. The van der Waals surface area contributed by atoms with Crippen LogP contribution in [0.3, 0.4) is 0 Å². The van der Waals surface area contributed by atoms with Crippen molar-refractivity contribution >= 4 is 40.6 Å². The highest BCUT2D eigenvalue weighted by Crippen LogP contribution is 2.41. The Morgan fingerprint density at radius 1 is 0.949 bits per heavy atom. The van der Waals surface area contributed by atoms with Crippen LogP contribution in [0, 0.1) is 5.92 Å². The molecule has 0 saturated carbocycles. The lowest BCUT2D eigenvalue weighted by Gasteiger charge is -2.32. The van der Waals surface area contributed by atoms with Gasteiger partial charge in [0, 0.05) is 24.2 Å². The molecule has 0 radical (unpaired) electrons. The number of rotatable bonds is 6. The van der Waals surface area contributed by atoms with Crippen molar-refractivity contribution < 1.29 is 18.0 Å². The molecule has 10 heteroatoms. The standard InChI is InChI=1S/C29H23Cl2F3N4O/c1-17-26(28(39)35-16-21(18-8-4-2-5-9-18)19-10-6-3-7-11-19)27(20-12-13-22(30)23(31)14-20)38-25(36-17)15-24(37-38)29(32,33)34/h2-15,21,26-27H,16H2,1H3,(H,35,39). The molecule has 4 aromatic rings. The molecule has 200 valence electrons. The molecule has 1 aliphatic rings. The Morgan fingerprint density at radius 3 is 2.13 bits per heavy atom. The number of hydrogen-bond acceptors (Lipinski definition) is 3. The number of nitrogens with zero attached hydrogens (tertiary/aromatic N) is 3. The van der Waals surface area contributed by atoms with E-state index in [2.05, 4.69) is 15.4 Å². The first-order chi connectivity index (χ1) is 18.6. The molecule has 0 bridgehead atoms. The van der Waals surface area contributed by atoms with E-state index in [0.717, 1.165) is 21.9 Å². The number of nitrogens with one attached hydrogen (secondary N) is 1. The summed E-state index contributed by atoms with van der Waals surface area (Å²) in [5, 5.41) is 7.35. The number of halogens is 5. The van der Waals surface area contributed by atoms with Crippen LogP contribution in [0.25, 0.3) is 0 Å². The highest BCUT2D eigenvalue weighted by molar-refractivity contribution is 6.42. The van der Waals surface area contributed by atoms with Crippen LogP contribution in [-0.4, -0.2) is 27.9 Å². The summed E-state index contributed by atoms with van der Waals surface area (Å²) in [5.41, 5.74) is 1.79. The predicted octanol–water partition coefficient (Wildman–Crippen LogP) is 7.47. The van der Waals surface area contributed by atoms with Gasteiger partial charge in [-0.15, -0.1) is 0 Å². The number of carbonyl (C=O) groups excluding carboxylic acids is 1. The molecular weight excluding hydrogens is 548 g/mol. The Morgan fingerprint density at radius 2 is 1.56 bits per heavy atom. The molecular formula is C29H23Cl2F3N4O. The van der Waals surface area contributed by atoms with Crippen molar-refractivity contribution in [2.75, 3.05) is 6.54 Å². The zero-order chi connectivity index (χ0) is 27.7. The van der Waals surface area contributed by atoms with Gasteiger partial charge in [0.25, 0.3) is 0 Å². The van der Waals surface area contributed by atoms with Gasteiger partial charge in [0.05, 0.1) is 16.1 Å². The summed E-state index contributed by atoms with van der Waals surface area (Å²) in [6.45, 7) is 1.90. The third kappa shape index (κ3) is 5.58. The van der Waals surface area contributed by atoms with Crippen molar-refractivity contribution in [1.29, 1.82) is 0 Å². The van der Waals surface area contributed by atoms with E-state index < -0.39 is 23.8 Å². The van der Waals surface area contributed by atoms with Gasteiger partial charge in [-0.3, -0.25) is 4.79 Å². The van der Waals surface area contributed by atoms with E-state index in [9.17, 15) is 18.0 Å². The minimum atomic E-state index is -4.67. The zero-order valence-electron chi connectivity index (χ0n) is 20.7. The molecule has 5 nitrogen and oxygen atoms in total. The lowest BCUT2D eigenvalue weighted by atomic mass is 9.86. The van der Waals surface area contributed by atoms with Crippen molar-refractivity contribution in [3.63, 3.8) is 0 Å². The number of aromatic nitrogens is 2. The van der Waals surface area contributed by atoms with Gasteiger partial charge in [0.15, 0.2) is 11.5 Å². The summed E-state index contributed by atoms with van der Waals surface area (Å²) in [5.74, 6) is -1.47. The monoisotopic (exact) mass is 570 g/mol. The van der Waals surface area contributed by atoms with Crippen molar-refractivity contribution in [3.05, 3.63) is 117 Å². The van der Waals surface area contributed by atoms with E-state index in [1.54, 1.807) is 25.1 Å². The number of carbonyl (C=O) groups is 1. The highest BCUT2D eigenvalue weighted by Gasteiger charge is 2.42. The van der Waals surface area contributed by atoms with E-state index in [1.807, 2.05) is 60.7 Å². The van der Waals surface area contributed by atoms with Crippen LogP contribution in [0.1, 0.15) is 41.3 Å². The van der Waals surface area contributed by atoms with Crippen molar-refractivity contribution in [2.24, 2.45) is 10.9 Å². The maximum Gasteiger partial charge on any atom is 0.435 e. The van der Waals surface area contributed by atoms with E-state index in [0.29, 0.717) is 11.3 Å². The number of fused-ring (bicyclic) bond motifs is 1. The van der Waals surface area contributed by atoms with Gasteiger partial charge in [-0.2, -0.15) is 18.3 Å². The lowest BCUT2D eigenvalue weighted by Crippen LogP contribution is -2.43. The van der Waals surface area contributed by atoms with Crippen LogP contribution in [0.15, 0.2) is 89.9 Å². The number of benzene rings is 3. The fourth-order valence-electron chi connectivity index (χ4n) is 4.91. The molecule has 1 N–H and O–H groups in total. The molecule has 1 aromatic heterocycles. The summed E-state index contributed by atoms with van der Waals surface area (Å²) in [6.07, 6.45) is -4.67. The normalized spacial score (nSPS) is 17.1. The molecule has 39 heavy (non-hydrogen) atoms. The first kappa shape index (κ1) is 27.0. The van der Waals surface area contributed by atoms with Crippen LogP contribution in [0.4, 0.5) is 19.0 Å². The second-order valence-corrected chi connectivity index (χ2v) is 10.1. The van der Waals surface area contributed by atoms with Crippen LogP contribution in [0.5, 0.6) is 0 Å². The summed E-state index contributed by atoms with van der Waals surface area (Å²) in [6, 6.07) is 24.2. The van der Waals surface area contributed by atoms with Crippen molar-refractivity contribution in [3.8, 4) is 0 Å². The molecule has 1 amide bonds. The topological polar surface area (TPSA) is 59.3 Å². The molecule has 0 saturated heterocycles. The summed E-state index contributed by atoms with van der Waals surface area (Å²) in [4.78, 5) is 18.1. The number of hydrogen-bond donors (Lipinski definition) is 1. The van der Waals surface area contributed by atoms with Gasteiger partial charge < -0.3 is 5.32 Å². The maximum absolute atomic E-state index is 13.8. The first-order valence-corrected chi connectivity index (χ1v) is 12.9. The number of amides is 1. The Balaban J connectivity index is 1.51. The average molecular weight is 571 g/mol. The first-order valence-electron chi connectivity index (χ1n) is 12.2. The quantitative estimate of drug-likeness (QED) is 0.261. The van der Waals surface area contributed by atoms with Gasteiger partial charge in [-0.05, 0) is 35.7 Å². The number of aliphatic imine (C=N–C) groups is 1. The Hall–Kier alpha value is -3.62. The van der Waals surface area contributed by atoms with Crippen molar-refractivity contribution in [1.82, 2.24) is 15.1 Å². The third-order valence-corrected chi connectivity index (χ3v) is 7.52. The fourth-order valence-corrected chi connectivity index (χ4v) is 5.21. The molecule has 2 atom stereocenters. The minimum absolute atomic E-state index is 0.00592. The number of alkyl halides is 3. The molecule has 3 aromatic carbocycles. The largest absolute Gasteiger partial charge is 0.435 e. The fraction of sp³-hybridized carbons (Fsp3) is 0.207. The third-order valence-electron chi connectivity index (χ3n) is 6.78. The van der Waals surface area contributed by atoms with Crippen LogP contribution in [-0.2, 0) is 11.0 Å². The van der Waals surface area contributed by atoms with E-state index >= 15 is 0 Å². The van der Waals surface area contributed by atoms with Crippen molar-refractivity contribution in [2.45, 2.75) is 25.1 Å². The van der Waals surface area contributed by atoms with Gasteiger partial charge >= 0.3 is 6.18 Å². The molecule has 1 aliphatic heterocycles. The molecule has 2 heterocycles. The summed E-state index contributed by atoms with van der Waals surface area (Å²) >= 11 is 12.4. The van der Waals surface area contributed by atoms with Gasteiger partial charge in [-0.1, -0.05) is 89.9 Å². The SMILES string of the molecule is CC1=Nc2cc(C(F)(F)F)nn2C(c2ccc(Cl)c(Cl)c2)C1C(=O)NCC(c1ccccc1)c1ccccc1. The minimum Gasteiger partial charge on any atom is -0.354 e. The Bertz CT molecular complexity index is 1480. The Labute approximate surface area is 233 Å². The molecule has 2 unspecified atom stereocenters. The van der Waals surface area contributed by atoms with E-state index in [4.69, 9.17) is 23.2 Å². The lowest BCUT2D eigenvalue weighted by molar-refractivity contribution is -0.141. The second kappa shape index (κ2) is 10.9. The van der Waals surface area contributed by atoms with E-state index in [-0.39, 0.29) is 34.2 Å². The Kier molecular flexibility index (Phi) is 7.51. The zero-order valence-corrected chi connectivity index (χ0v) is 22.2. The highest BCUT2D eigenvalue weighted by atomic mass is 35.5. The maximum atomic E-state index is 13.8. The molecule has 0 spiro atoms. The van der Waals surface area contributed by atoms with Gasteiger partial charge in [0.1, 0.15) is 5.92 Å².